The fraction of sp³-hybridized carbons (Fsp3) is 0.109. The Morgan fingerprint density at radius 2 is 0.960 bits per heavy atom. The van der Waals surface area contributed by atoms with Crippen LogP contribution in [0.15, 0.2) is 168 Å². The van der Waals surface area contributed by atoms with E-state index in [4.69, 9.17) is 15.0 Å². The number of aliphatic imine (C=N–C) groups is 2. The molecular formula is C46H34N4. The summed E-state index contributed by atoms with van der Waals surface area (Å²) >= 11 is 0. The molecular weight excluding hydrogens is 609 g/mol. The smallest absolute Gasteiger partial charge is 0.261 e. The lowest BCUT2D eigenvalue weighted by Crippen LogP contribution is -2.32. The molecule has 0 fully saturated rings. The van der Waals surface area contributed by atoms with Crippen LogP contribution in [0.4, 0.5) is 0 Å². The fourth-order valence-corrected chi connectivity index (χ4v) is 8.01. The summed E-state index contributed by atoms with van der Waals surface area (Å²) in [5, 5.41) is 0. The van der Waals surface area contributed by atoms with Crippen LogP contribution in [0.3, 0.4) is 0 Å². The Morgan fingerprint density at radius 3 is 1.56 bits per heavy atom. The third-order valence-corrected chi connectivity index (χ3v) is 10.5. The van der Waals surface area contributed by atoms with Crippen LogP contribution in [0.2, 0.25) is 0 Å². The zero-order chi connectivity index (χ0) is 33.1. The quantitative estimate of drug-likeness (QED) is 0.189. The number of aromatic nitrogens is 2. The van der Waals surface area contributed by atoms with Gasteiger partial charge in [0.2, 0.25) is 0 Å². The van der Waals surface area contributed by atoms with Gasteiger partial charge in [-0.1, -0.05) is 146 Å². The van der Waals surface area contributed by atoms with Gasteiger partial charge < -0.3 is 0 Å². The second-order valence-electron chi connectivity index (χ2n) is 13.5. The number of benzene rings is 6. The molecule has 238 valence electrons. The highest BCUT2D eigenvalue weighted by molar-refractivity contribution is 6.54. The molecule has 0 N–H and O–H groups in total. The molecule has 0 radical (unpaired) electrons. The molecule has 50 heavy (non-hydrogen) atoms. The molecule has 1 spiro atoms. The Kier molecular flexibility index (Phi) is 6.63. The van der Waals surface area contributed by atoms with Crippen LogP contribution in [-0.4, -0.2) is 21.0 Å². The summed E-state index contributed by atoms with van der Waals surface area (Å²) in [6.07, 6.45) is 3.67. The maximum absolute atomic E-state index is 5.93. The first-order valence-corrected chi connectivity index (χ1v) is 17.5. The number of hydrogen-bond acceptors (Lipinski definition) is 3. The average Bonchev–Trinajstić information content (AvgIpc) is 3.79. The predicted octanol–water partition coefficient (Wildman–Crippen LogP) is 9.73. The number of hydrogen-bond donors (Lipinski definition) is 0. The zero-order valence-electron chi connectivity index (χ0n) is 27.6. The van der Waals surface area contributed by atoms with Crippen molar-refractivity contribution < 1.29 is 0 Å². The Balaban J connectivity index is 1.44. The highest BCUT2D eigenvalue weighted by Gasteiger charge is 2.47. The van der Waals surface area contributed by atoms with Gasteiger partial charge in [-0.05, 0) is 60.1 Å². The monoisotopic (exact) mass is 642 g/mol. The van der Waals surface area contributed by atoms with Gasteiger partial charge in [0.15, 0.2) is 0 Å². The maximum Gasteiger partial charge on any atom is 0.261 e. The molecule has 0 saturated heterocycles. The van der Waals surface area contributed by atoms with Crippen molar-refractivity contribution in [2.75, 3.05) is 0 Å². The molecule has 0 aliphatic carbocycles. The van der Waals surface area contributed by atoms with Crippen molar-refractivity contribution in [3.63, 3.8) is 0 Å². The fourth-order valence-electron chi connectivity index (χ4n) is 8.01. The average molecular weight is 643 g/mol. The van der Waals surface area contributed by atoms with E-state index in [2.05, 4.69) is 162 Å². The molecule has 7 aromatic rings. The first kappa shape index (κ1) is 28.8. The van der Waals surface area contributed by atoms with Gasteiger partial charge in [0.25, 0.3) is 5.79 Å². The van der Waals surface area contributed by atoms with Crippen LogP contribution < -0.4 is 0 Å². The van der Waals surface area contributed by atoms with Crippen LogP contribution in [0.5, 0.6) is 0 Å². The van der Waals surface area contributed by atoms with Crippen LogP contribution in [0.1, 0.15) is 38.9 Å². The van der Waals surface area contributed by atoms with Crippen molar-refractivity contribution in [2.24, 2.45) is 9.98 Å². The minimum atomic E-state index is -1.16. The van der Waals surface area contributed by atoms with Crippen LogP contribution >= 0.6 is 0 Å². The van der Waals surface area contributed by atoms with Crippen molar-refractivity contribution in [3.05, 3.63) is 197 Å². The molecule has 3 aliphatic heterocycles. The summed E-state index contributed by atoms with van der Waals surface area (Å²) in [6, 6.07) is 56.5. The Hall–Kier alpha value is -6.13. The highest BCUT2D eigenvalue weighted by atomic mass is 15.4. The number of rotatable bonds is 4. The molecule has 4 bridgehead atoms. The maximum atomic E-state index is 5.93. The van der Waals surface area contributed by atoms with Gasteiger partial charge in [-0.2, -0.15) is 0 Å². The Bertz CT molecular complexity index is 2400. The normalized spacial score (nSPS) is 15.3. The zero-order valence-corrected chi connectivity index (χ0v) is 27.6. The Morgan fingerprint density at radius 1 is 0.460 bits per heavy atom. The van der Waals surface area contributed by atoms with E-state index in [0.717, 1.165) is 87.7 Å². The molecule has 4 nitrogen and oxygen atoms in total. The van der Waals surface area contributed by atoms with E-state index >= 15 is 0 Å². The van der Waals surface area contributed by atoms with E-state index in [1.165, 1.54) is 22.3 Å². The Labute approximate surface area is 292 Å². The van der Waals surface area contributed by atoms with Gasteiger partial charge in [0.05, 0.1) is 22.8 Å². The highest BCUT2D eigenvalue weighted by Crippen LogP contribution is 2.49. The van der Waals surface area contributed by atoms with Gasteiger partial charge in [-0.25, -0.2) is 15.0 Å². The molecule has 6 aromatic carbocycles. The van der Waals surface area contributed by atoms with Gasteiger partial charge >= 0.3 is 0 Å². The summed E-state index contributed by atoms with van der Waals surface area (Å²) in [4.78, 5) is 17.5. The second-order valence-corrected chi connectivity index (χ2v) is 13.5. The van der Waals surface area contributed by atoms with Gasteiger partial charge in [-0.15, -0.1) is 0 Å². The lowest BCUT2D eigenvalue weighted by Gasteiger charge is -2.31. The van der Waals surface area contributed by atoms with Crippen molar-refractivity contribution in [3.8, 4) is 33.9 Å². The summed E-state index contributed by atoms with van der Waals surface area (Å²) in [5.74, 6) is -0.265. The predicted molar refractivity (Wildman–Crippen MR) is 203 cm³/mol. The first-order valence-electron chi connectivity index (χ1n) is 17.5. The summed E-state index contributed by atoms with van der Waals surface area (Å²) in [5.41, 5.74) is 15.4. The van der Waals surface area contributed by atoms with Gasteiger partial charge in [0, 0.05) is 33.4 Å². The molecule has 0 unspecified atom stereocenters. The van der Waals surface area contributed by atoms with E-state index < -0.39 is 5.79 Å². The number of imidazole rings is 1. The van der Waals surface area contributed by atoms with E-state index in [0.29, 0.717) is 0 Å². The number of nitrogens with zero attached hydrogens (tertiary/aromatic N) is 4. The standard InChI is InChI=1S/C46H34N4/c1-5-13-35(14-6-1)41-42(36-15-7-2-8-16-36)49-46(48-41)40-30-32-22-21-31-23-25-33(27-28-34(40)26-24-32)39(29-31)45-47-43(37-17-9-3-10-18-37)44(50(45)46)38-19-11-4-12-20-38/h1-20,23-26,29-30H,21-22,27-28H2. The minimum absolute atomic E-state index is 0.882. The van der Waals surface area contributed by atoms with Crippen molar-refractivity contribution >= 4 is 11.4 Å². The SMILES string of the molecule is c1ccc(C2=NC3(N=C2c2ccccc2)c2cc4ccc2CCc2ccc(cc2-c2nc(-c5ccccc5)c(-c5ccccc5)n23)CC4)cc1. The van der Waals surface area contributed by atoms with Crippen molar-refractivity contribution in [1.82, 2.24) is 9.55 Å². The number of aryl methyl sites for hydroxylation is 4. The minimum Gasteiger partial charge on any atom is -0.275 e. The number of fused-ring (bicyclic) bond motifs is 2. The van der Waals surface area contributed by atoms with E-state index in [9.17, 15) is 0 Å². The molecule has 0 atom stereocenters. The van der Waals surface area contributed by atoms with E-state index in [-0.39, 0.29) is 0 Å². The van der Waals surface area contributed by atoms with Crippen molar-refractivity contribution in [1.29, 1.82) is 0 Å². The van der Waals surface area contributed by atoms with Crippen LogP contribution in [0.25, 0.3) is 33.9 Å². The largest absolute Gasteiger partial charge is 0.275 e. The lowest BCUT2D eigenvalue weighted by atomic mass is 9.90. The third kappa shape index (κ3) is 4.56. The van der Waals surface area contributed by atoms with E-state index in [1.807, 2.05) is 0 Å². The summed E-state index contributed by atoms with van der Waals surface area (Å²) in [6.45, 7) is 0. The van der Waals surface area contributed by atoms with Gasteiger partial charge in [-0.3, -0.25) is 4.57 Å². The van der Waals surface area contributed by atoms with Crippen molar-refractivity contribution in [2.45, 2.75) is 31.5 Å². The van der Waals surface area contributed by atoms with E-state index in [1.54, 1.807) is 0 Å². The molecule has 4 heterocycles. The van der Waals surface area contributed by atoms with Gasteiger partial charge in [0.1, 0.15) is 5.82 Å². The molecule has 0 saturated carbocycles. The molecule has 4 heteroatoms. The van der Waals surface area contributed by atoms with Crippen LogP contribution in [-0.2, 0) is 31.5 Å². The first-order chi connectivity index (χ1) is 24.7. The third-order valence-electron chi connectivity index (χ3n) is 10.5. The molecule has 10 rings (SSSR count). The molecule has 3 aliphatic rings. The second kappa shape index (κ2) is 11.5. The summed E-state index contributed by atoms with van der Waals surface area (Å²) in [7, 11) is 0. The summed E-state index contributed by atoms with van der Waals surface area (Å²) < 4.78 is 2.39. The van der Waals surface area contributed by atoms with Crippen LogP contribution in [0, 0.1) is 0 Å². The molecule has 1 aromatic heterocycles. The topological polar surface area (TPSA) is 42.5 Å². The lowest BCUT2D eigenvalue weighted by molar-refractivity contribution is 0.406. The molecule has 0 amide bonds.